The molecule has 0 unspecified atom stereocenters. The second-order valence-corrected chi connectivity index (χ2v) is 3.22. The summed E-state index contributed by atoms with van der Waals surface area (Å²) < 4.78 is 14.9. The largest absolute Gasteiger partial charge is 0.394 e. The lowest BCUT2D eigenvalue weighted by Gasteiger charge is -2.00. The zero-order valence-electron chi connectivity index (χ0n) is 11.2. The molecule has 0 aromatic carbocycles. The molecule has 0 radical (unpaired) electrons. The summed E-state index contributed by atoms with van der Waals surface area (Å²) in [6.45, 7) is 7.89. The van der Waals surface area contributed by atoms with Crippen molar-refractivity contribution in [3.8, 4) is 0 Å². The van der Waals surface area contributed by atoms with E-state index in [4.69, 9.17) is 24.4 Å². The van der Waals surface area contributed by atoms with E-state index in [0.717, 1.165) is 26.1 Å². The predicted molar refractivity (Wildman–Crippen MR) is 67.2 cm³/mol. The minimum Gasteiger partial charge on any atom is -0.394 e. The Balaban J connectivity index is 0. The van der Waals surface area contributed by atoms with E-state index in [0.29, 0.717) is 26.4 Å². The molecule has 5 nitrogen and oxygen atoms in total. The van der Waals surface area contributed by atoms with Crippen LogP contribution < -0.4 is 0 Å². The Labute approximate surface area is 105 Å². The van der Waals surface area contributed by atoms with E-state index in [1.54, 1.807) is 0 Å². The van der Waals surface area contributed by atoms with Gasteiger partial charge in [-0.1, -0.05) is 13.3 Å². The van der Waals surface area contributed by atoms with Gasteiger partial charge in [-0.15, -0.1) is 0 Å². The summed E-state index contributed by atoms with van der Waals surface area (Å²) in [5.74, 6) is 0. The second-order valence-electron chi connectivity index (χ2n) is 3.22. The minimum atomic E-state index is 0.0894. The van der Waals surface area contributed by atoms with Crippen LogP contribution in [0.3, 0.4) is 0 Å². The van der Waals surface area contributed by atoms with Gasteiger partial charge in [0, 0.05) is 13.2 Å². The summed E-state index contributed by atoms with van der Waals surface area (Å²) in [5, 5.41) is 16.5. The lowest BCUT2D eigenvalue weighted by Crippen LogP contribution is -2.06. The molecule has 0 rings (SSSR count). The summed E-state index contributed by atoms with van der Waals surface area (Å²) in [4.78, 5) is 0. The third-order valence-electron chi connectivity index (χ3n) is 1.69. The van der Waals surface area contributed by atoms with E-state index < -0.39 is 0 Å². The molecular formula is C12H28O5. The minimum absolute atomic E-state index is 0.0894. The lowest BCUT2D eigenvalue weighted by molar-refractivity contribution is 0.0370. The third kappa shape index (κ3) is 25.8. The fourth-order valence-electron chi connectivity index (χ4n) is 0.842. The first-order valence-electron chi connectivity index (χ1n) is 6.28. The third-order valence-corrected chi connectivity index (χ3v) is 1.69. The first-order chi connectivity index (χ1) is 8.33. The summed E-state index contributed by atoms with van der Waals surface area (Å²) >= 11 is 0. The number of ether oxygens (including phenoxy) is 3. The highest BCUT2D eigenvalue weighted by Gasteiger charge is 1.84. The molecular weight excluding hydrogens is 224 g/mol. The number of hydrogen-bond donors (Lipinski definition) is 2. The molecule has 0 atom stereocenters. The molecule has 0 heterocycles. The van der Waals surface area contributed by atoms with Gasteiger partial charge in [-0.05, 0) is 13.3 Å². The molecule has 0 amide bonds. The van der Waals surface area contributed by atoms with E-state index in [-0.39, 0.29) is 13.2 Å². The van der Waals surface area contributed by atoms with Crippen molar-refractivity contribution in [3.63, 3.8) is 0 Å². The standard InChI is InChI=1S/C6H14O3.C6H14O2/c1-2-8-5-6-9-4-3-7;1-2-3-5-8-6-4-7/h7H,2-6H2,1H3;7H,2-6H2,1H3. The van der Waals surface area contributed by atoms with Crippen molar-refractivity contribution in [2.45, 2.75) is 26.7 Å². The van der Waals surface area contributed by atoms with Gasteiger partial charge in [0.25, 0.3) is 0 Å². The average Bonchev–Trinajstić information content (AvgIpc) is 2.36. The fourth-order valence-corrected chi connectivity index (χ4v) is 0.842. The highest BCUT2D eigenvalue weighted by molar-refractivity contribution is 4.30. The highest BCUT2D eigenvalue weighted by atomic mass is 16.5. The number of aliphatic hydroxyl groups excluding tert-OH is 2. The Hall–Kier alpha value is -0.200. The molecule has 17 heavy (non-hydrogen) atoms. The zero-order chi connectivity index (χ0) is 13.2. The van der Waals surface area contributed by atoms with Crippen LogP contribution in [0.2, 0.25) is 0 Å². The van der Waals surface area contributed by atoms with E-state index in [9.17, 15) is 0 Å². The molecule has 2 N–H and O–H groups in total. The van der Waals surface area contributed by atoms with Gasteiger partial charge in [0.2, 0.25) is 0 Å². The zero-order valence-corrected chi connectivity index (χ0v) is 11.2. The van der Waals surface area contributed by atoms with Gasteiger partial charge in [-0.25, -0.2) is 0 Å². The van der Waals surface area contributed by atoms with Crippen molar-refractivity contribution >= 4 is 0 Å². The lowest BCUT2D eigenvalue weighted by atomic mass is 10.4. The number of rotatable bonds is 11. The molecule has 0 bridgehead atoms. The molecule has 0 spiro atoms. The number of unbranched alkanes of at least 4 members (excludes halogenated alkanes) is 1. The summed E-state index contributed by atoms with van der Waals surface area (Å²) in [5.41, 5.74) is 0. The molecule has 0 aromatic heterocycles. The Kier molecular flexibility index (Phi) is 23.8. The van der Waals surface area contributed by atoms with E-state index in [1.165, 1.54) is 0 Å². The van der Waals surface area contributed by atoms with Crippen LogP contribution in [0, 0.1) is 0 Å². The smallest absolute Gasteiger partial charge is 0.0701 e. The van der Waals surface area contributed by atoms with Crippen LogP contribution in [0.25, 0.3) is 0 Å². The summed E-state index contributed by atoms with van der Waals surface area (Å²) in [7, 11) is 0. The number of aliphatic hydroxyl groups is 2. The molecule has 0 aliphatic rings. The Morgan fingerprint density at radius 3 is 1.71 bits per heavy atom. The summed E-state index contributed by atoms with van der Waals surface area (Å²) in [6.07, 6.45) is 2.26. The molecule has 5 heteroatoms. The molecule has 0 aliphatic heterocycles. The maximum atomic E-state index is 8.26. The van der Waals surface area contributed by atoms with Crippen LogP contribution in [-0.4, -0.2) is 63.1 Å². The Morgan fingerprint density at radius 1 is 0.706 bits per heavy atom. The van der Waals surface area contributed by atoms with Gasteiger partial charge in [-0.2, -0.15) is 0 Å². The van der Waals surface area contributed by atoms with Gasteiger partial charge in [0.05, 0.1) is 39.6 Å². The fraction of sp³-hybridized carbons (Fsp3) is 1.00. The summed E-state index contributed by atoms with van der Waals surface area (Å²) in [6, 6.07) is 0. The van der Waals surface area contributed by atoms with Crippen LogP contribution in [-0.2, 0) is 14.2 Å². The molecule has 0 aliphatic carbocycles. The average molecular weight is 252 g/mol. The topological polar surface area (TPSA) is 68.2 Å². The van der Waals surface area contributed by atoms with Gasteiger partial charge in [0.1, 0.15) is 0 Å². The Bertz CT molecular complexity index is 99.1. The monoisotopic (exact) mass is 252 g/mol. The first-order valence-corrected chi connectivity index (χ1v) is 6.28. The number of hydrogen-bond acceptors (Lipinski definition) is 5. The van der Waals surface area contributed by atoms with Gasteiger partial charge >= 0.3 is 0 Å². The van der Waals surface area contributed by atoms with Gasteiger partial charge < -0.3 is 24.4 Å². The SMILES string of the molecule is CCCCOCCO.CCOCCOCCO. The first kappa shape index (κ1) is 19.1. The van der Waals surface area contributed by atoms with E-state index in [2.05, 4.69) is 6.92 Å². The van der Waals surface area contributed by atoms with Crippen molar-refractivity contribution in [1.82, 2.24) is 0 Å². The molecule has 0 saturated heterocycles. The van der Waals surface area contributed by atoms with Gasteiger partial charge in [0.15, 0.2) is 0 Å². The van der Waals surface area contributed by atoms with Crippen molar-refractivity contribution in [2.75, 3.05) is 52.9 Å². The highest BCUT2D eigenvalue weighted by Crippen LogP contribution is 1.85. The normalized spacial score (nSPS) is 9.88. The van der Waals surface area contributed by atoms with Crippen LogP contribution in [0.1, 0.15) is 26.7 Å². The van der Waals surface area contributed by atoms with E-state index >= 15 is 0 Å². The van der Waals surface area contributed by atoms with Crippen molar-refractivity contribution in [3.05, 3.63) is 0 Å². The van der Waals surface area contributed by atoms with Gasteiger partial charge in [-0.3, -0.25) is 0 Å². The van der Waals surface area contributed by atoms with Crippen molar-refractivity contribution in [2.24, 2.45) is 0 Å². The molecule has 0 saturated carbocycles. The maximum absolute atomic E-state index is 8.26. The van der Waals surface area contributed by atoms with Crippen LogP contribution >= 0.6 is 0 Å². The quantitative estimate of drug-likeness (QED) is 0.533. The predicted octanol–water partition coefficient (Wildman–Crippen LogP) is 0.827. The Morgan fingerprint density at radius 2 is 1.24 bits per heavy atom. The van der Waals surface area contributed by atoms with Crippen LogP contribution in [0.15, 0.2) is 0 Å². The van der Waals surface area contributed by atoms with Crippen molar-refractivity contribution in [1.29, 1.82) is 0 Å². The maximum Gasteiger partial charge on any atom is 0.0701 e. The second kappa shape index (κ2) is 21.1. The van der Waals surface area contributed by atoms with E-state index in [1.807, 2.05) is 6.92 Å². The molecule has 106 valence electrons. The van der Waals surface area contributed by atoms with Crippen LogP contribution in [0.5, 0.6) is 0 Å². The van der Waals surface area contributed by atoms with Crippen LogP contribution in [0.4, 0.5) is 0 Å². The molecule has 0 aromatic rings. The molecule has 0 fully saturated rings. The van der Waals surface area contributed by atoms with Crippen molar-refractivity contribution < 1.29 is 24.4 Å².